The normalized spacial score (nSPS) is 19.7. The predicted octanol–water partition coefficient (Wildman–Crippen LogP) is 1.74. The van der Waals surface area contributed by atoms with Crippen LogP contribution in [0.3, 0.4) is 0 Å². The fourth-order valence-electron chi connectivity index (χ4n) is 2.34. The van der Waals surface area contributed by atoms with Gasteiger partial charge in [0.2, 0.25) is 0 Å². The Morgan fingerprint density at radius 1 is 1.21 bits per heavy atom. The molecule has 0 spiro atoms. The third-order valence-electron chi connectivity index (χ3n) is 3.32. The average molecular weight is 258 g/mol. The van der Waals surface area contributed by atoms with Gasteiger partial charge in [-0.25, -0.2) is 0 Å². The highest BCUT2D eigenvalue weighted by Crippen LogP contribution is 2.16. The van der Waals surface area contributed by atoms with Gasteiger partial charge in [0.25, 0.3) is 0 Å². The number of benzene rings is 1. The molecule has 3 rings (SSSR count). The van der Waals surface area contributed by atoms with Crippen LogP contribution >= 0.6 is 0 Å². The lowest BCUT2D eigenvalue weighted by molar-refractivity contribution is -0.0864. The van der Waals surface area contributed by atoms with E-state index >= 15 is 0 Å². The summed E-state index contributed by atoms with van der Waals surface area (Å²) in [5.74, 6) is 0. The van der Waals surface area contributed by atoms with E-state index in [1.807, 2.05) is 18.5 Å². The molecular formula is C15H18N2O2. The molecule has 1 N–H and O–H groups in total. The molecular weight excluding hydrogens is 240 g/mol. The zero-order valence-electron chi connectivity index (χ0n) is 10.8. The van der Waals surface area contributed by atoms with Gasteiger partial charge in [-0.3, -0.25) is 4.98 Å². The molecule has 1 aliphatic rings. The van der Waals surface area contributed by atoms with Crippen molar-refractivity contribution in [3.63, 3.8) is 0 Å². The maximum atomic E-state index is 5.60. The van der Waals surface area contributed by atoms with Crippen molar-refractivity contribution in [2.24, 2.45) is 0 Å². The van der Waals surface area contributed by atoms with Crippen LogP contribution in [-0.4, -0.2) is 37.5 Å². The Morgan fingerprint density at radius 3 is 3.05 bits per heavy atom. The van der Waals surface area contributed by atoms with E-state index in [0.717, 1.165) is 13.1 Å². The van der Waals surface area contributed by atoms with Crippen LogP contribution in [0.2, 0.25) is 0 Å². The van der Waals surface area contributed by atoms with Crippen LogP contribution < -0.4 is 5.32 Å². The van der Waals surface area contributed by atoms with E-state index in [2.05, 4.69) is 28.5 Å². The number of pyridine rings is 1. The molecule has 0 radical (unpaired) electrons. The van der Waals surface area contributed by atoms with Crippen molar-refractivity contribution >= 4 is 10.8 Å². The molecule has 100 valence electrons. The first-order chi connectivity index (χ1) is 9.43. The molecule has 0 amide bonds. The first-order valence-corrected chi connectivity index (χ1v) is 6.65. The molecule has 19 heavy (non-hydrogen) atoms. The summed E-state index contributed by atoms with van der Waals surface area (Å²) in [5, 5.41) is 5.85. The smallest absolute Gasteiger partial charge is 0.0933 e. The van der Waals surface area contributed by atoms with E-state index in [-0.39, 0.29) is 6.10 Å². The van der Waals surface area contributed by atoms with Gasteiger partial charge in [0.15, 0.2) is 0 Å². The second kappa shape index (κ2) is 6.10. The molecule has 2 heterocycles. The van der Waals surface area contributed by atoms with Gasteiger partial charge in [-0.2, -0.15) is 0 Å². The van der Waals surface area contributed by atoms with Crippen LogP contribution in [0, 0.1) is 0 Å². The molecule has 0 bridgehead atoms. The summed E-state index contributed by atoms with van der Waals surface area (Å²) < 4.78 is 11.0. The van der Waals surface area contributed by atoms with Crippen molar-refractivity contribution in [1.29, 1.82) is 0 Å². The number of ether oxygens (including phenoxy) is 2. The molecule has 4 heteroatoms. The number of aromatic nitrogens is 1. The fourth-order valence-corrected chi connectivity index (χ4v) is 2.34. The van der Waals surface area contributed by atoms with Gasteiger partial charge in [0.05, 0.1) is 25.9 Å². The van der Waals surface area contributed by atoms with E-state index in [1.54, 1.807) is 0 Å². The van der Waals surface area contributed by atoms with Crippen LogP contribution in [-0.2, 0) is 16.0 Å². The maximum Gasteiger partial charge on any atom is 0.0933 e. The number of rotatable bonds is 4. The Morgan fingerprint density at radius 2 is 2.16 bits per heavy atom. The lowest BCUT2D eigenvalue weighted by Crippen LogP contribution is -2.37. The van der Waals surface area contributed by atoms with Crippen LogP contribution in [0.5, 0.6) is 0 Å². The summed E-state index contributed by atoms with van der Waals surface area (Å²) in [6.45, 7) is 3.70. The zero-order valence-corrected chi connectivity index (χ0v) is 10.8. The number of hydrogen-bond acceptors (Lipinski definition) is 4. The monoisotopic (exact) mass is 258 g/mol. The Bertz CT molecular complexity index is 533. The van der Waals surface area contributed by atoms with E-state index in [0.29, 0.717) is 19.8 Å². The lowest BCUT2D eigenvalue weighted by atomic mass is 10.1. The van der Waals surface area contributed by atoms with E-state index < -0.39 is 0 Å². The SMILES string of the molecule is c1ccc2c(CNCC3COCCO3)cncc2c1. The summed E-state index contributed by atoms with van der Waals surface area (Å²) in [6.07, 6.45) is 3.99. The third-order valence-corrected chi connectivity index (χ3v) is 3.32. The molecule has 1 unspecified atom stereocenters. The molecule has 1 aliphatic heterocycles. The minimum absolute atomic E-state index is 0.164. The molecule has 1 aromatic heterocycles. The van der Waals surface area contributed by atoms with Gasteiger partial charge in [-0.15, -0.1) is 0 Å². The minimum atomic E-state index is 0.164. The molecule has 4 nitrogen and oxygen atoms in total. The van der Waals surface area contributed by atoms with Crippen molar-refractivity contribution in [3.05, 3.63) is 42.2 Å². The number of fused-ring (bicyclic) bond motifs is 1. The number of nitrogens with zero attached hydrogens (tertiary/aromatic N) is 1. The summed E-state index contributed by atoms with van der Waals surface area (Å²) in [7, 11) is 0. The van der Waals surface area contributed by atoms with Gasteiger partial charge < -0.3 is 14.8 Å². The molecule has 1 saturated heterocycles. The summed E-state index contributed by atoms with van der Waals surface area (Å²) >= 11 is 0. The van der Waals surface area contributed by atoms with Gasteiger partial charge in [-0.1, -0.05) is 24.3 Å². The molecule has 1 fully saturated rings. The highest BCUT2D eigenvalue weighted by atomic mass is 16.6. The van der Waals surface area contributed by atoms with Gasteiger partial charge >= 0.3 is 0 Å². The number of hydrogen-bond donors (Lipinski definition) is 1. The Labute approximate surface area is 112 Å². The predicted molar refractivity (Wildman–Crippen MR) is 74.0 cm³/mol. The minimum Gasteiger partial charge on any atom is -0.376 e. The Balaban J connectivity index is 1.62. The van der Waals surface area contributed by atoms with Crippen LogP contribution in [0.15, 0.2) is 36.7 Å². The molecule has 2 aromatic rings. The van der Waals surface area contributed by atoms with E-state index in [1.165, 1.54) is 16.3 Å². The summed E-state index contributed by atoms with van der Waals surface area (Å²) in [6, 6.07) is 8.32. The topological polar surface area (TPSA) is 43.4 Å². The summed E-state index contributed by atoms with van der Waals surface area (Å²) in [4.78, 5) is 4.28. The Hall–Kier alpha value is -1.49. The molecule has 1 atom stereocenters. The van der Waals surface area contributed by atoms with Gasteiger partial charge in [0.1, 0.15) is 0 Å². The maximum absolute atomic E-state index is 5.60. The fraction of sp³-hybridized carbons (Fsp3) is 0.400. The zero-order chi connectivity index (χ0) is 12.9. The van der Waals surface area contributed by atoms with Crippen molar-refractivity contribution in [3.8, 4) is 0 Å². The second-order valence-electron chi connectivity index (χ2n) is 4.72. The van der Waals surface area contributed by atoms with Crippen LogP contribution in [0.25, 0.3) is 10.8 Å². The van der Waals surface area contributed by atoms with Crippen molar-refractivity contribution in [1.82, 2.24) is 10.3 Å². The lowest BCUT2D eigenvalue weighted by Gasteiger charge is -2.23. The highest BCUT2D eigenvalue weighted by molar-refractivity contribution is 5.84. The van der Waals surface area contributed by atoms with E-state index in [9.17, 15) is 0 Å². The molecule has 0 aliphatic carbocycles. The quantitative estimate of drug-likeness (QED) is 0.907. The largest absolute Gasteiger partial charge is 0.376 e. The third kappa shape index (κ3) is 3.10. The van der Waals surface area contributed by atoms with E-state index in [4.69, 9.17) is 9.47 Å². The second-order valence-corrected chi connectivity index (χ2v) is 4.72. The van der Waals surface area contributed by atoms with Gasteiger partial charge in [0, 0.05) is 30.9 Å². The van der Waals surface area contributed by atoms with Crippen LogP contribution in [0.4, 0.5) is 0 Å². The number of nitrogens with one attached hydrogen (secondary N) is 1. The molecule has 1 aromatic carbocycles. The van der Waals surface area contributed by atoms with Crippen molar-refractivity contribution in [2.45, 2.75) is 12.6 Å². The summed E-state index contributed by atoms with van der Waals surface area (Å²) in [5.41, 5.74) is 1.22. The first kappa shape index (κ1) is 12.5. The Kier molecular flexibility index (Phi) is 4.03. The molecule has 0 saturated carbocycles. The van der Waals surface area contributed by atoms with Crippen molar-refractivity contribution < 1.29 is 9.47 Å². The first-order valence-electron chi connectivity index (χ1n) is 6.65. The van der Waals surface area contributed by atoms with Gasteiger partial charge in [-0.05, 0) is 10.9 Å². The van der Waals surface area contributed by atoms with Crippen molar-refractivity contribution in [2.75, 3.05) is 26.4 Å². The average Bonchev–Trinajstić information content (AvgIpc) is 2.49. The standard InChI is InChI=1S/C15H18N2O2/c1-2-4-15-12(3-1)7-16-8-13(15)9-17-10-14-11-18-5-6-19-14/h1-4,7-8,14,17H,5-6,9-11H2. The highest BCUT2D eigenvalue weighted by Gasteiger charge is 2.13. The van der Waals surface area contributed by atoms with Crippen LogP contribution in [0.1, 0.15) is 5.56 Å².